The SMILES string of the molecule is CN(C)n1c(-c2cccnc2)n[nH]c1=S. The molecule has 78 valence electrons. The van der Waals surface area contributed by atoms with Gasteiger partial charge in [-0.15, -0.1) is 0 Å². The van der Waals surface area contributed by atoms with Crippen LogP contribution in [0.3, 0.4) is 0 Å². The van der Waals surface area contributed by atoms with Gasteiger partial charge < -0.3 is 5.01 Å². The van der Waals surface area contributed by atoms with E-state index < -0.39 is 0 Å². The van der Waals surface area contributed by atoms with Crippen molar-refractivity contribution in [1.82, 2.24) is 19.9 Å². The molecule has 2 aromatic rings. The second-order valence-corrected chi connectivity index (χ2v) is 3.64. The van der Waals surface area contributed by atoms with Crippen LogP contribution < -0.4 is 5.01 Å². The van der Waals surface area contributed by atoms with Crippen LogP contribution in [0.25, 0.3) is 11.4 Å². The van der Waals surface area contributed by atoms with Gasteiger partial charge in [-0.05, 0) is 24.4 Å². The van der Waals surface area contributed by atoms with Crippen molar-refractivity contribution in [3.63, 3.8) is 0 Å². The Morgan fingerprint density at radius 2 is 2.27 bits per heavy atom. The van der Waals surface area contributed by atoms with Gasteiger partial charge in [-0.3, -0.25) is 4.98 Å². The van der Waals surface area contributed by atoms with Crippen LogP contribution in [0.5, 0.6) is 0 Å². The minimum atomic E-state index is 0.568. The molecule has 0 unspecified atom stereocenters. The van der Waals surface area contributed by atoms with Crippen LogP contribution in [0.4, 0.5) is 0 Å². The molecule has 0 atom stereocenters. The summed E-state index contributed by atoms with van der Waals surface area (Å²) in [5, 5.41) is 8.80. The van der Waals surface area contributed by atoms with Gasteiger partial charge in [0, 0.05) is 32.1 Å². The molecule has 0 amide bonds. The Morgan fingerprint density at radius 1 is 1.47 bits per heavy atom. The summed E-state index contributed by atoms with van der Waals surface area (Å²) in [5.41, 5.74) is 0.929. The zero-order valence-corrected chi connectivity index (χ0v) is 9.32. The smallest absolute Gasteiger partial charge is 0.214 e. The second kappa shape index (κ2) is 3.82. The number of hydrogen-bond acceptors (Lipinski definition) is 4. The summed E-state index contributed by atoms with van der Waals surface area (Å²) in [4.78, 5) is 4.05. The molecule has 0 bridgehead atoms. The summed E-state index contributed by atoms with van der Waals surface area (Å²) in [6, 6.07) is 3.81. The Balaban J connectivity index is 2.59. The lowest BCUT2D eigenvalue weighted by Crippen LogP contribution is -2.25. The lowest BCUT2D eigenvalue weighted by atomic mass is 10.3. The summed E-state index contributed by atoms with van der Waals surface area (Å²) in [6.45, 7) is 0. The first-order chi connectivity index (χ1) is 7.20. The van der Waals surface area contributed by atoms with Crippen LogP contribution in [0.15, 0.2) is 24.5 Å². The minimum absolute atomic E-state index is 0.568. The van der Waals surface area contributed by atoms with E-state index in [1.54, 1.807) is 12.4 Å². The van der Waals surface area contributed by atoms with Crippen molar-refractivity contribution < 1.29 is 0 Å². The standard InChI is InChI=1S/C9H11N5S/c1-13(2)14-8(11-12-9(14)15)7-4-3-5-10-6-7/h3-6H,1-2H3,(H,12,15). The molecule has 0 fully saturated rings. The Labute approximate surface area is 92.4 Å². The normalized spacial score (nSPS) is 10.3. The third-order valence-corrected chi connectivity index (χ3v) is 2.23. The van der Waals surface area contributed by atoms with Crippen molar-refractivity contribution in [3.05, 3.63) is 29.3 Å². The maximum Gasteiger partial charge on any atom is 0.214 e. The molecule has 0 radical (unpaired) electrons. The Hall–Kier alpha value is -1.69. The molecule has 0 saturated carbocycles. The fourth-order valence-electron chi connectivity index (χ4n) is 1.34. The molecule has 6 heteroatoms. The van der Waals surface area contributed by atoms with Crippen molar-refractivity contribution >= 4 is 12.2 Å². The molecule has 15 heavy (non-hydrogen) atoms. The third kappa shape index (κ3) is 1.75. The van der Waals surface area contributed by atoms with Crippen molar-refractivity contribution in [2.24, 2.45) is 0 Å². The predicted molar refractivity (Wildman–Crippen MR) is 60.7 cm³/mol. The average molecular weight is 221 g/mol. The lowest BCUT2D eigenvalue weighted by Gasteiger charge is -2.15. The van der Waals surface area contributed by atoms with E-state index in [9.17, 15) is 0 Å². The van der Waals surface area contributed by atoms with Crippen LogP contribution >= 0.6 is 12.2 Å². The van der Waals surface area contributed by atoms with Crippen LogP contribution in [0, 0.1) is 4.77 Å². The van der Waals surface area contributed by atoms with E-state index in [0.29, 0.717) is 4.77 Å². The van der Waals surface area contributed by atoms with Crippen molar-refractivity contribution in [2.75, 3.05) is 19.1 Å². The molecule has 2 heterocycles. The van der Waals surface area contributed by atoms with Gasteiger partial charge in [-0.25, -0.2) is 9.77 Å². The topological polar surface area (TPSA) is 49.7 Å². The highest BCUT2D eigenvalue weighted by atomic mass is 32.1. The highest BCUT2D eigenvalue weighted by Gasteiger charge is 2.09. The number of aromatic amines is 1. The van der Waals surface area contributed by atoms with E-state index in [-0.39, 0.29) is 0 Å². The summed E-state index contributed by atoms with van der Waals surface area (Å²) < 4.78 is 2.38. The van der Waals surface area contributed by atoms with E-state index in [1.165, 1.54) is 0 Å². The molecule has 0 aromatic carbocycles. The second-order valence-electron chi connectivity index (χ2n) is 3.25. The van der Waals surface area contributed by atoms with Crippen LogP contribution in [-0.4, -0.2) is 34.0 Å². The molecule has 0 aliphatic heterocycles. The third-order valence-electron chi connectivity index (χ3n) is 1.97. The maximum absolute atomic E-state index is 5.13. The summed E-state index contributed by atoms with van der Waals surface area (Å²) in [6.07, 6.45) is 3.48. The first-order valence-electron chi connectivity index (χ1n) is 4.45. The quantitative estimate of drug-likeness (QED) is 0.774. The van der Waals surface area contributed by atoms with E-state index in [2.05, 4.69) is 15.2 Å². The largest absolute Gasteiger partial charge is 0.315 e. The number of rotatable bonds is 2. The van der Waals surface area contributed by atoms with Gasteiger partial charge in [-0.1, -0.05) is 0 Å². The number of nitrogens with one attached hydrogen (secondary N) is 1. The number of aromatic nitrogens is 4. The van der Waals surface area contributed by atoms with Crippen molar-refractivity contribution in [2.45, 2.75) is 0 Å². The zero-order chi connectivity index (χ0) is 10.8. The van der Waals surface area contributed by atoms with Crippen LogP contribution in [0.2, 0.25) is 0 Å². The average Bonchev–Trinajstić information content (AvgIpc) is 2.61. The van der Waals surface area contributed by atoms with E-state index in [1.807, 2.05) is 35.9 Å². The molecule has 0 aliphatic carbocycles. The fraction of sp³-hybridized carbons (Fsp3) is 0.222. The molecule has 0 spiro atoms. The highest BCUT2D eigenvalue weighted by Crippen LogP contribution is 2.14. The molecule has 5 nitrogen and oxygen atoms in total. The van der Waals surface area contributed by atoms with Crippen molar-refractivity contribution in [1.29, 1.82) is 0 Å². The summed E-state index contributed by atoms with van der Waals surface area (Å²) in [5.74, 6) is 0.762. The summed E-state index contributed by atoms with van der Waals surface area (Å²) in [7, 11) is 3.82. The first kappa shape index (κ1) is 9.85. The van der Waals surface area contributed by atoms with Gasteiger partial charge in [-0.2, -0.15) is 5.10 Å². The van der Waals surface area contributed by atoms with Crippen molar-refractivity contribution in [3.8, 4) is 11.4 Å². The number of pyridine rings is 1. The van der Waals surface area contributed by atoms with Gasteiger partial charge in [0.1, 0.15) is 0 Å². The van der Waals surface area contributed by atoms with Crippen LogP contribution in [0.1, 0.15) is 0 Å². The highest BCUT2D eigenvalue weighted by molar-refractivity contribution is 7.71. The van der Waals surface area contributed by atoms with Gasteiger partial charge in [0.15, 0.2) is 5.82 Å². The van der Waals surface area contributed by atoms with Crippen LogP contribution in [-0.2, 0) is 0 Å². The fourth-order valence-corrected chi connectivity index (χ4v) is 1.64. The maximum atomic E-state index is 5.13. The number of hydrogen-bond donors (Lipinski definition) is 1. The van der Waals surface area contributed by atoms with Gasteiger partial charge in [0.05, 0.1) is 0 Å². The Bertz CT molecular complexity index is 499. The van der Waals surface area contributed by atoms with E-state index in [4.69, 9.17) is 12.2 Å². The summed E-state index contributed by atoms with van der Waals surface area (Å²) >= 11 is 5.13. The zero-order valence-electron chi connectivity index (χ0n) is 8.51. The molecule has 0 saturated heterocycles. The number of H-pyrrole nitrogens is 1. The monoisotopic (exact) mass is 221 g/mol. The molecular weight excluding hydrogens is 210 g/mol. The van der Waals surface area contributed by atoms with Gasteiger partial charge in [0.25, 0.3) is 0 Å². The minimum Gasteiger partial charge on any atom is -0.315 e. The van der Waals surface area contributed by atoms with Gasteiger partial charge in [0.2, 0.25) is 4.77 Å². The Kier molecular flexibility index (Phi) is 2.51. The molecule has 2 rings (SSSR count). The predicted octanol–water partition coefficient (Wildman–Crippen LogP) is 1.20. The number of nitrogens with zero attached hydrogens (tertiary/aromatic N) is 4. The lowest BCUT2D eigenvalue weighted by molar-refractivity contribution is 0.725. The molecule has 1 N–H and O–H groups in total. The van der Waals surface area contributed by atoms with Gasteiger partial charge >= 0.3 is 0 Å². The first-order valence-corrected chi connectivity index (χ1v) is 4.86. The Morgan fingerprint density at radius 3 is 2.87 bits per heavy atom. The molecule has 2 aromatic heterocycles. The van der Waals surface area contributed by atoms with E-state index >= 15 is 0 Å². The molecular formula is C9H11N5S. The van der Waals surface area contributed by atoms with E-state index in [0.717, 1.165) is 11.4 Å². The molecule has 0 aliphatic rings.